The molecule has 7 nitrogen and oxygen atoms in total. The number of ether oxygens (including phenoxy) is 2. The molecule has 32 heavy (non-hydrogen) atoms. The molecule has 0 aliphatic carbocycles. The number of benzene rings is 2. The summed E-state index contributed by atoms with van der Waals surface area (Å²) in [5.41, 5.74) is 2.35. The molecule has 0 radical (unpaired) electrons. The third-order valence-corrected chi connectivity index (χ3v) is 5.54. The SMILES string of the molecule is COc1cn(-c2ccccc2)nc1-c1nc(Cc2cccc(F)c2)nn1C1CCCOC1. The summed E-state index contributed by atoms with van der Waals surface area (Å²) in [7, 11) is 1.62. The van der Waals surface area contributed by atoms with Crippen LogP contribution in [-0.4, -0.2) is 44.9 Å². The van der Waals surface area contributed by atoms with Crippen LogP contribution < -0.4 is 4.74 Å². The van der Waals surface area contributed by atoms with Crippen molar-refractivity contribution >= 4 is 0 Å². The minimum absolute atomic E-state index is 0.0547. The third kappa shape index (κ3) is 4.13. The number of nitrogens with zero attached hydrogens (tertiary/aromatic N) is 5. The van der Waals surface area contributed by atoms with E-state index in [2.05, 4.69) is 0 Å². The van der Waals surface area contributed by atoms with E-state index in [-0.39, 0.29) is 11.9 Å². The molecule has 1 atom stereocenters. The first-order valence-corrected chi connectivity index (χ1v) is 10.7. The largest absolute Gasteiger partial charge is 0.493 e. The van der Waals surface area contributed by atoms with Gasteiger partial charge in [0.1, 0.15) is 5.82 Å². The Morgan fingerprint density at radius 2 is 2.00 bits per heavy atom. The Morgan fingerprint density at radius 1 is 1.12 bits per heavy atom. The quantitative estimate of drug-likeness (QED) is 0.456. The zero-order valence-electron chi connectivity index (χ0n) is 17.8. The normalized spacial score (nSPS) is 16.2. The predicted octanol–water partition coefficient (Wildman–Crippen LogP) is 4.22. The first-order chi connectivity index (χ1) is 15.7. The molecule has 0 amide bonds. The van der Waals surface area contributed by atoms with Crippen LogP contribution in [0.25, 0.3) is 17.2 Å². The van der Waals surface area contributed by atoms with Gasteiger partial charge in [-0.1, -0.05) is 30.3 Å². The zero-order chi connectivity index (χ0) is 21.9. The van der Waals surface area contributed by atoms with Crippen molar-refractivity contribution in [3.05, 3.63) is 78.0 Å². The summed E-state index contributed by atoms with van der Waals surface area (Å²) in [5.74, 6) is 1.56. The van der Waals surface area contributed by atoms with Crippen LogP contribution in [0.4, 0.5) is 4.39 Å². The summed E-state index contributed by atoms with van der Waals surface area (Å²) in [6, 6.07) is 16.4. The van der Waals surface area contributed by atoms with E-state index in [0.717, 1.165) is 30.7 Å². The van der Waals surface area contributed by atoms with Crippen molar-refractivity contribution in [1.82, 2.24) is 24.5 Å². The molecular weight excluding hydrogens is 409 g/mol. The Hall–Kier alpha value is -3.52. The van der Waals surface area contributed by atoms with Gasteiger partial charge in [-0.05, 0) is 42.7 Å². The summed E-state index contributed by atoms with van der Waals surface area (Å²) in [6.45, 7) is 1.32. The number of hydrogen-bond acceptors (Lipinski definition) is 5. The highest BCUT2D eigenvalue weighted by molar-refractivity contribution is 5.60. The molecule has 3 heterocycles. The molecule has 1 saturated heterocycles. The average molecular weight is 433 g/mol. The van der Waals surface area contributed by atoms with Crippen LogP contribution in [0.1, 0.15) is 30.3 Å². The summed E-state index contributed by atoms with van der Waals surface area (Å²) >= 11 is 0. The second kappa shape index (κ2) is 8.92. The van der Waals surface area contributed by atoms with E-state index in [1.807, 2.05) is 47.3 Å². The lowest BCUT2D eigenvalue weighted by Crippen LogP contribution is -2.23. The minimum Gasteiger partial charge on any atom is -0.493 e. The Morgan fingerprint density at radius 3 is 2.75 bits per heavy atom. The Bertz CT molecular complexity index is 1200. The van der Waals surface area contributed by atoms with Crippen molar-refractivity contribution in [1.29, 1.82) is 0 Å². The molecule has 0 spiro atoms. The topological polar surface area (TPSA) is 67.0 Å². The smallest absolute Gasteiger partial charge is 0.183 e. The van der Waals surface area contributed by atoms with Gasteiger partial charge in [-0.3, -0.25) is 0 Å². The highest BCUT2D eigenvalue weighted by atomic mass is 19.1. The molecule has 2 aromatic carbocycles. The number of halogens is 1. The second-order valence-corrected chi connectivity index (χ2v) is 7.80. The van der Waals surface area contributed by atoms with E-state index >= 15 is 0 Å². The molecule has 1 unspecified atom stereocenters. The standard InChI is InChI=1S/C24H24FN5O2/c1-31-21-15-29(19-9-3-2-4-10-19)28-23(21)24-26-22(14-17-7-5-8-18(25)13-17)27-30(24)20-11-6-12-32-16-20/h2-5,7-10,13,15,20H,6,11-12,14,16H2,1H3. The van der Waals surface area contributed by atoms with Gasteiger partial charge in [0.15, 0.2) is 23.1 Å². The van der Waals surface area contributed by atoms with Crippen LogP contribution in [0.15, 0.2) is 60.8 Å². The predicted molar refractivity (Wildman–Crippen MR) is 117 cm³/mol. The van der Waals surface area contributed by atoms with Crippen LogP contribution in [0.2, 0.25) is 0 Å². The maximum atomic E-state index is 13.7. The monoisotopic (exact) mass is 433 g/mol. The number of methoxy groups -OCH3 is 1. The molecule has 0 saturated carbocycles. The highest BCUT2D eigenvalue weighted by Crippen LogP contribution is 2.32. The number of para-hydroxylation sites is 1. The Balaban J connectivity index is 1.57. The van der Waals surface area contributed by atoms with Crippen LogP contribution in [0.5, 0.6) is 5.75 Å². The maximum Gasteiger partial charge on any atom is 0.183 e. The lowest BCUT2D eigenvalue weighted by molar-refractivity contribution is 0.0553. The van der Waals surface area contributed by atoms with Gasteiger partial charge in [-0.2, -0.15) is 10.2 Å². The molecule has 8 heteroatoms. The first kappa shape index (κ1) is 20.4. The van der Waals surface area contributed by atoms with Gasteiger partial charge >= 0.3 is 0 Å². The summed E-state index contributed by atoms with van der Waals surface area (Å²) in [6.07, 6.45) is 4.16. The number of aromatic nitrogens is 5. The van der Waals surface area contributed by atoms with Crippen LogP contribution in [-0.2, 0) is 11.2 Å². The van der Waals surface area contributed by atoms with Crippen LogP contribution >= 0.6 is 0 Å². The van der Waals surface area contributed by atoms with E-state index in [1.54, 1.807) is 17.9 Å². The van der Waals surface area contributed by atoms with E-state index in [0.29, 0.717) is 36.1 Å². The van der Waals surface area contributed by atoms with Crippen molar-refractivity contribution in [2.45, 2.75) is 25.3 Å². The van der Waals surface area contributed by atoms with Gasteiger partial charge in [0, 0.05) is 13.0 Å². The molecular formula is C24H24FN5O2. The minimum atomic E-state index is -0.272. The molecule has 0 N–H and O–H groups in total. The molecule has 1 fully saturated rings. The van der Waals surface area contributed by atoms with E-state index < -0.39 is 0 Å². The number of hydrogen-bond donors (Lipinski definition) is 0. The van der Waals surface area contributed by atoms with E-state index in [1.165, 1.54) is 12.1 Å². The first-order valence-electron chi connectivity index (χ1n) is 10.7. The van der Waals surface area contributed by atoms with Crippen molar-refractivity contribution in [2.24, 2.45) is 0 Å². The fourth-order valence-electron chi connectivity index (χ4n) is 3.98. The summed E-state index contributed by atoms with van der Waals surface area (Å²) < 4.78 is 28.7. The second-order valence-electron chi connectivity index (χ2n) is 7.80. The molecule has 164 valence electrons. The molecule has 5 rings (SSSR count). The fourth-order valence-corrected chi connectivity index (χ4v) is 3.98. The molecule has 0 bridgehead atoms. The zero-order valence-corrected chi connectivity index (χ0v) is 17.8. The van der Waals surface area contributed by atoms with Gasteiger partial charge < -0.3 is 9.47 Å². The van der Waals surface area contributed by atoms with Gasteiger partial charge in [-0.25, -0.2) is 18.7 Å². The van der Waals surface area contributed by atoms with Gasteiger partial charge in [-0.15, -0.1) is 0 Å². The molecule has 1 aliphatic heterocycles. The molecule has 2 aromatic heterocycles. The Kier molecular flexibility index (Phi) is 5.68. The molecule has 1 aliphatic rings. The summed E-state index contributed by atoms with van der Waals surface area (Å²) in [4.78, 5) is 4.81. The van der Waals surface area contributed by atoms with Gasteiger partial charge in [0.05, 0.1) is 31.6 Å². The summed E-state index contributed by atoms with van der Waals surface area (Å²) in [5, 5.41) is 9.57. The van der Waals surface area contributed by atoms with Crippen molar-refractivity contribution in [3.8, 4) is 23.0 Å². The van der Waals surface area contributed by atoms with Crippen LogP contribution in [0, 0.1) is 5.82 Å². The van der Waals surface area contributed by atoms with Crippen molar-refractivity contribution in [3.63, 3.8) is 0 Å². The maximum absolute atomic E-state index is 13.7. The highest BCUT2D eigenvalue weighted by Gasteiger charge is 2.26. The van der Waals surface area contributed by atoms with E-state index in [9.17, 15) is 4.39 Å². The fraction of sp³-hybridized carbons (Fsp3) is 0.292. The Labute approximate surface area is 185 Å². The van der Waals surface area contributed by atoms with E-state index in [4.69, 9.17) is 24.7 Å². The van der Waals surface area contributed by atoms with Gasteiger partial charge in [0.2, 0.25) is 0 Å². The lowest BCUT2D eigenvalue weighted by Gasteiger charge is -2.23. The average Bonchev–Trinajstić information content (AvgIpc) is 3.44. The third-order valence-electron chi connectivity index (χ3n) is 5.54. The van der Waals surface area contributed by atoms with Crippen molar-refractivity contribution in [2.75, 3.05) is 20.3 Å². The molecule has 4 aromatic rings. The van der Waals surface area contributed by atoms with Crippen LogP contribution in [0.3, 0.4) is 0 Å². The van der Waals surface area contributed by atoms with Crippen molar-refractivity contribution < 1.29 is 13.9 Å². The van der Waals surface area contributed by atoms with Gasteiger partial charge in [0.25, 0.3) is 0 Å². The lowest BCUT2D eigenvalue weighted by atomic mass is 10.1. The number of rotatable bonds is 6.